The van der Waals surface area contributed by atoms with Gasteiger partial charge in [-0.15, -0.1) is 0 Å². The van der Waals surface area contributed by atoms with Crippen molar-refractivity contribution in [2.24, 2.45) is 0 Å². The molecule has 0 aromatic rings. The zero-order chi connectivity index (χ0) is 12.4. The number of rotatable bonds is 4. The molecule has 1 saturated heterocycles. The lowest BCUT2D eigenvalue weighted by Gasteiger charge is -2.47. The first-order valence-corrected chi connectivity index (χ1v) is 5.67. The predicted molar refractivity (Wildman–Crippen MR) is 62.6 cm³/mol. The van der Waals surface area contributed by atoms with Crippen molar-refractivity contribution >= 4 is 5.78 Å². The third-order valence-corrected chi connectivity index (χ3v) is 2.47. The Hall–Kier alpha value is -0.450. The van der Waals surface area contributed by atoms with Crippen LogP contribution in [0.15, 0.2) is 0 Å². The fourth-order valence-corrected chi connectivity index (χ4v) is 2.51. The summed E-state index contributed by atoms with van der Waals surface area (Å²) in [5, 5.41) is 0. The number of morpholine rings is 1. The van der Waals surface area contributed by atoms with E-state index in [1.54, 1.807) is 7.11 Å². The normalized spacial score (nSPS) is 24.3. The van der Waals surface area contributed by atoms with E-state index in [1.165, 1.54) is 0 Å². The van der Waals surface area contributed by atoms with Gasteiger partial charge in [-0.25, -0.2) is 0 Å². The van der Waals surface area contributed by atoms with Crippen molar-refractivity contribution in [2.75, 3.05) is 33.4 Å². The molecule has 0 aromatic carbocycles. The highest BCUT2D eigenvalue weighted by molar-refractivity contribution is 5.81. The van der Waals surface area contributed by atoms with Crippen LogP contribution in [0, 0.1) is 0 Å². The van der Waals surface area contributed by atoms with Gasteiger partial charge in [0.15, 0.2) is 5.78 Å². The minimum atomic E-state index is -0.199. The van der Waals surface area contributed by atoms with Gasteiger partial charge in [0.1, 0.15) is 6.61 Å². The molecule has 0 saturated carbocycles. The lowest BCUT2D eigenvalue weighted by molar-refractivity contribution is -0.181. The predicted octanol–water partition coefficient (Wildman–Crippen LogP) is 1.09. The summed E-state index contributed by atoms with van der Waals surface area (Å²) >= 11 is 0. The molecule has 0 bridgehead atoms. The van der Waals surface area contributed by atoms with E-state index in [0.717, 1.165) is 13.1 Å². The van der Waals surface area contributed by atoms with E-state index >= 15 is 0 Å². The fraction of sp³-hybridized carbons (Fsp3) is 0.917. The largest absolute Gasteiger partial charge is 0.377 e. The van der Waals surface area contributed by atoms with Crippen LogP contribution in [0.1, 0.15) is 27.7 Å². The van der Waals surface area contributed by atoms with Crippen molar-refractivity contribution in [1.29, 1.82) is 0 Å². The standard InChI is InChI=1S/C12H23NO3/c1-11(2)8-13(6-10(14)7-15-5)9-12(3,4)16-11/h6-9H2,1-5H3. The molecule has 0 atom stereocenters. The summed E-state index contributed by atoms with van der Waals surface area (Å²) in [6.07, 6.45) is 0. The first-order chi connectivity index (χ1) is 7.24. The number of carbonyl (C=O) groups excluding carboxylic acids is 1. The Balaban J connectivity index is 2.57. The maximum absolute atomic E-state index is 11.5. The van der Waals surface area contributed by atoms with Gasteiger partial charge in [-0.05, 0) is 27.7 Å². The average Bonchev–Trinajstić information content (AvgIpc) is 1.96. The Morgan fingerprint density at radius 2 is 1.75 bits per heavy atom. The number of ether oxygens (including phenoxy) is 2. The van der Waals surface area contributed by atoms with Crippen LogP contribution in [0.4, 0.5) is 0 Å². The molecule has 0 aliphatic carbocycles. The van der Waals surface area contributed by atoms with Crippen LogP contribution in [-0.2, 0) is 14.3 Å². The van der Waals surface area contributed by atoms with Gasteiger partial charge in [-0.3, -0.25) is 9.69 Å². The Kier molecular flexibility index (Phi) is 4.10. The van der Waals surface area contributed by atoms with Gasteiger partial charge >= 0.3 is 0 Å². The first-order valence-electron chi connectivity index (χ1n) is 5.67. The molecule has 0 spiro atoms. The minimum Gasteiger partial charge on any atom is -0.377 e. The average molecular weight is 229 g/mol. The van der Waals surface area contributed by atoms with Gasteiger partial charge in [0.05, 0.1) is 17.7 Å². The molecule has 0 radical (unpaired) electrons. The Morgan fingerprint density at radius 1 is 1.25 bits per heavy atom. The van der Waals surface area contributed by atoms with Crippen LogP contribution in [-0.4, -0.2) is 55.2 Å². The molecule has 16 heavy (non-hydrogen) atoms. The molecule has 94 valence electrons. The third-order valence-electron chi connectivity index (χ3n) is 2.47. The highest BCUT2D eigenvalue weighted by Crippen LogP contribution is 2.27. The molecule has 0 aromatic heterocycles. The van der Waals surface area contributed by atoms with Gasteiger partial charge < -0.3 is 9.47 Å². The number of carbonyl (C=O) groups is 1. The SMILES string of the molecule is COCC(=O)CN1CC(C)(C)OC(C)(C)C1. The Labute approximate surface area is 97.9 Å². The van der Waals surface area contributed by atoms with Crippen LogP contribution in [0.25, 0.3) is 0 Å². The number of ketones is 1. The number of hydrogen-bond donors (Lipinski definition) is 0. The molecule has 0 N–H and O–H groups in total. The smallest absolute Gasteiger partial charge is 0.172 e. The van der Waals surface area contributed by atoms with Crippen LogP contribution in [0.2, 0.25) is 0 Å². The van der Waals surface area contributed by atoms with Gasteiger partial charge in [0.2, 0.25) is 0 Å². The van der Waals surface area contributed by atoms with Gasteiger partial charge in [-0.1, -0.05) is 0 Å². The Morgan fingerprint density at radius 3 is 2.19 bits per heavy atom. The summed E-state index contributed by atoms with van der Waals surface area (Å²) in [5.74, 6) is 0.121. The number of methoxy groups -OCH3 is 1. The zero-order valence-corrected chi connectivity index (χ0v) is 11.0. The minimum absolute atomic E-state index is 0.121. The zero-order valence-electron chi connectivity index (χ0n) is 11.0. The third kappa shape index (κ3) is 4.20. The van der Waals surface area contributed by atoms with E-state index in [0.29, 0.717) is 6.54 Å². The maximum atomic E-state index is 11.5. The van der Waals surface area contributed by atoms with Gasteiger partial charge in [0, 0.05) is 20.2 Å². The van der Waals surface area contributed by atoms with Crippen molar-refractivity contribution < 1.29 is 14.3 Å². The second-order valence-electron chi connectivity index (χ2n) is 5.74. The van der Waals surface area contributed by atoms with Crippen molar-refractivity contribution in [2.45, 2.75) is 38.9 Å². The topological polar surface area (TPSA) is 38.8 Å². The van der Waals surface area contributed by atoms with Gasteiger partial charge in [0.25, 0.3) is 0 Å². The van der Waals surface area contributed by atoms with Gasteiger partial charge in [-0.2, -0.15) is 0 Å². The lowest BCUT2D eigenvalue weighted by atomic mass is 9.99. The quantitative estimate of drug-likeness (QED) is 0.723. The second-order valence-corrected chi connectivity index (χ2v) is 5.74. The van der Waals surface area contributed by atoms with Crippen molar-refractivity contribution in [1.82, 2.24) is 4.90 Å². The van der Waals surface area contributed by atoms with Crippen molar-refractivity contribution in [3.05, 3.63) is 0 Å². The summed E-state index contributed by atoms with van der Waals surface area (Å²) in [6.45, 7) is 10.4. The summed E-state index contributed by atoms with van der Waals surface area (Å²) in [7, 11) is 1.55. The van der Waals surface area contributed by atoms with Crippen LogP contribution in [0.3, 0.4) is 0 Å². The highest BCUT2D eigenvalue weighted by Gasteiger charge is 2.38. The van der Waals surface area contributed by atoms with Crippen LogP contribution < -0.4 is 0 Å². The summed E-state index contributed by atoms with van der Waals surface area (Å²) < 4.78 is 10.8. The number of nitrogens with zero attached hydrogens (tertiary/aromatic N) is 1. The van der Waals surface area contributed by atoms with Crippen molar-refractivity contribution in [3.8, 4) is 0 Å². The molecule has 1 heterocycles. The Bertz CT molecular complexity index is 245. The monoisotopic (exact) mass is 229 g/mol. The molecule has 1 fully saturated rings. The maximum Gasteiger partial charge on any atom is 0.172 e. The summed E-state index contributed by atoms with van der Waals surface area (Å²) in [6, 6.07) is 0. The first kappa shape index (κ1) is 13.6. The molecule has 1 aliphatic rings. The van der Waals surface area contributed by atoms with E-state index in [-0.39, 0.29) is 23.6 Å². The van der Waals surface area contributed by atoms with Crippen molar-refractivity contribution in [3.63, 3.8) is 0 Å². The molecule has 1 rings (SSSR count). The number of hydrogen-bond acceptors (Lipinski definition) is 4. The van der Waals surface area contributed by atoms with E-state index in [9.17, 15) is 4.79 Å². The highest BCUT2D eigenvalue weighted by atomic mass is 16.5. The van der Waals surface area contributed by atoms with Crippen LogP contribution >= 0.6 is 0 Å². The lowest BCUT2D eigenvalue weighted by Crippen LogP contribution is -2.58. The molecule has 0 amide bonds. The fourth-order valence-electron chi connectivity index (χ4n) is 2.51. The molecule has 0 unspecified atom stereocenters. The van der Waals surface area contributed by atoms with E-state index in [1.807, 2.05) is 0 Å². The summed E-state index contributed by atoms with van der Waals surface area (Å²) in [5.41, 5.74) is -0.399. The molecule has 4 nitrogen and oxygen atoms in total. The summed E-state index contributed by atoms with van der Waals surface area (Å²) in [4.78, 5) is 13.7. The molecule has 4 heteroatoms. The van der Waals surface area contributed by atoms with E-state index in [4.69, 9.17) is 9.47 Å². The number of Topliss-reactive ketones (excluding diaryl/α,β-unsaturated/α-hetero) is 1. The molecular weight excluding hydrogens is 206 g/mol. The van der Waals surface area contributed by atoms with E-state index in [2.05, 4.69) is 32.6 Å². The molecule has 1 aliphatic heterocycles. The van der Waals surface area contributed by atoms with E-state index < -0.39 is 0 Å². The second kappa shape index (κ2) is 4.82. The van der Waals surface area contributed by atoms with Crippen LogP contribution in [0.5, 0.6) is 0 Å². The molecular formula is C12H23NO3.